The highest BCUT2D eigenvalue weighted by Gasteiger charge is 2.09. The molecule has 0 unspecified atom stereocenters. The molecule has 0 atom stereocenters. The second-order valence-electron chi connectivity index (χ2n) is 4.86. The van der Waals surface area contributed by atoms with Gasteiger partial charge in [0.15, 0.2) is 0 Å². The molecule has 104 valence electrons. The monoisotopic (exact) mass is 280 g/mol. The van der Waals surface area contributed by atoms with E-state index in [1.165, 1.54) is 17.5 Å². The molecule has 2 aromatic rings. The van der Waals surface area contributed by atoms with Crippen LogP contribution in [0.3, 0.4) is 0 Å². The van der Waals surface area contributed by atoms with Crippen LogP contribution in [0.2, 0.25) is 0 Å². The lowest BCUT2D eigenvalue weighted by Crippen LogP contribution is -2.03. The molecule has 1 aromatic carbocycles. The van der Waals surface area contributed by atoms with Crippen LogP contribution >= 0.6 is 11.6 Å². The number of aromatic nitrogens is 2. The van der Waals surface area contributed by atoms with Crippen LogP contribution in [0.25, 0.3) is 11.0 Å². The van der Waals surface area contributed by atoms with Crippen LogP contribution in [-0.2, 0) is 17.2 Å². The van der Waals surface area contributed by atoms with E-state index < -0.39 is 0 Å². The number of fused-ring (bicyclic) bond motifs is 1. The van der Waals surface area contributed by atoms with Crippen LogP contribution in [0, 0.1) is 6.92 Å². The second kappa shape index (κ2) is 6.92. The fourth-order valence-corrected chi connectivity index (χ4v) is 2.54. The largest absolute Gasteiger partial charge is 0.385 e. The first kappa shape index (κ1) is 14.4. The van der Waals surface area contributed by atoms with Crippen molar-refractivity contribution in [3.63, 3.8) is 0 Å². The first-order valence-electron chi connectivity index (χ1n) is 6.77. The molecule has 0 aliphatic rings. The fourth-order valence-electron chi connectivity index (χ4n) is 2.33. The van der Waals surface area contributed by atoms with Crippen molar-refractivity contribution in [1.29, 1.82) is 0 Å². The molecule has 1 heterocycles. The summed E-state index contributed by atoms with van der Waals surface area (Å²) in [5.74, 6) is 1.43. The summed E-state index contributed by atoms with van der Waals surface area (Å²) in [4.78, 5) is 4.61. The number of alkyl halides is 1. The first-order chi connectivity index (χ1) is 9.26. The highest BCUT2D eigenvalue weighted by atomic mass is 35.5. The van der Waals surface area contributed by atoms with Gasteiger partial charge in [-0.2, -0.15) is 0 Å². The molecule has 0 radical (unpaired) electrons. The van der Waals surface area contributed by atoms with Gasteiger partial charge in [0, 0.05) is 20.3 Å². The van der Waals surface area contributed by atoms with Crippen molar-refractivity contribution in [2.24, 2.45) is 0 Å². The van der Waals surface area contributed by atoms with Crippen LogP contribution < -0.4 is 0 Å². The maximum absolute atomic E-state index is 6.00. The van der Waals surface area contributed by atoms with E-state index in [1.807, 2.05) is 0 Å². The van der Waals surface area contributed by atoms with Crippen molar-refractivity contribution in [3.8, 4) is 0 Å². The zero-order chi connectivity index (χ0) is 13.7. The summed E-state index contributed by atoms with van der Waals surface area (Å²) in [5.41, 5.74) is 3.47. The Balaban J connectivity index is 2.11. The van der Waals surface area contributed by atoms with Gasteiger partial charge in [-0.3, -0.25) is 0 Å². The summed E-state index contributed by atoms with van der Waals surface area (Å²) in [6.07, 6.45) is 3.41. The summed E-state index contributed by atoms with van der Waals surface area (Å²) in [6.45, 7) is 3.90. The number of rotatable bonds is 7. The van der Waals surface area contributed by atoms with E-state index in [1.54, 1.807) is 7.11 Å². The van der Waals surface area contributed by atoms with Crippen molar-refractivity contribution < 1.29 is 4.74 Å². The predicted molar refractivity (Wildman–Crippen MR) is 79.8 cm³/mol. The van der Waals surface area contributed by atoms with Crippen molar-refractivity contribution in [2.75, 3.05) is 13.7 Å². The maximum atomic E-state index is 6.00. The standard InChI is InChI=1S/C15H21ClN2O/c1-12-6-7-14-13(10-12)17-15(11-16)18(14)8-4-3-5-9-19-2/h6-7,10H,3-5,8-9,11H2,1-2H3. The molecule has 0 N–H and O–H groups in total. The summed E-state index contributed by atoms with van der Waals surface area (Å²) in [7, 11) is 1.75. The number of imidazole rings is 1. The summed E-state index contributed by atoms with van der Waals surface area (Å²) in [5, 5.41) is 0. The smallest absolute Gasteiger partial charge is 0.124 e. The fraction of sp³-hybridized carbons (Fsp3) is 0.533. The Morgan fingerprint density at radius 2 is 2.11 bits per heavy atom. The van der Waals surface area contributed by atoms with Gasteiger partial charge in [-0.25, -0.2) is 4.98 Å². The molecule has 0 saturated heterocycles. The molecule has 0 bridgehead atoms. The van der Waals surface area contributed by atoms with Crippen molar-refractivity contribution in [3.05, 3.63) is 29.6 Å². The van der Waals surface area contributed by atoms with Gasteiger partial charge in [-0.1, -0.05) is 6.07 Å². The van der Waals surface area contributed by atoms with Crippen LogP contribution in [0.15, 0.2) is 18.2 Å². The number of nitrogens with zero attached hydrogens (tertiary/aromatic N) is 2. The van der Waals surface area contributed by atoms with Gasteiger partial charge in [-0.15, -0.1) is 11.6 Å². The quantitative estimate of drug-likeness (QED) is 0.568. The van der Waals surface area contributed by atoms with Crippen LogP contribution in [0.4, 0.5) is 0 Å². The lowest BCUT2D eigenvalue weighted by Gasteiger charge is -2.07. The predicted octanol–water partition coefficient (Wildman–Crippen LogP) is 3.90. The van der Waals surface area contributed by atoms with E-state index in [4.69, 9.17) is 16.3 Å². The number of ether oxygens (including phenoxy) is 1. The van der Waals surface area contributed by atoms with Gasteiger partial charge >= 0.3 is 0 Å². The molecule has 0 aliphatic carbocycles. The van der Waals surface area contributed by atoms with Crippen LogP contribution in [0.1, 0.15) is 30.7 Å². The number of methoxy groups -OCH3 is 1. The van der Waals surface area contributed by atoms with E-state index in [0.29, 0.717) is 5.88 Å². The Morgan fingerprint density at radius 1 is 1.26 bits per heavy atom. The molecule has 3 nitrogen and oxygen atoms in total. The highest BCUT2D eigenvalue weighted by molar-refractivity contribution is 6.16. The molecule has 0 saturated carbocycles. The number of aryl methyl sites for hydroxylation is 2. The third-order valence-electron chi connectivity index (χ3n) is 3.33. The van der Waals surface area contributed by atoms with Gasteiger partial charge in [0.25, 0.3) is 0 Å². The van der Waals surface area contributed by atoms with Crippen LogP contribution in [-0.4, -0.2) is 23.3 Å². The highest BCUT2D eigenvalue weighted by Crippen LogP contribution is 2.20. The van der Waals surface area contributed by atoms with Gasteiger partial charge in [-0.05, 0) is 43.9 Å². The first-order valence-corrected chi connectivity index (χ1v) is 7.30. The molecule has 1 aromatic heterocycles. The second-order valence-corrected chi connectivity index (χ2v) is 5.13. The van der Waals surface area contributed by atoms with E-state index in [0.717, 1.165) is 37.3 Å². The molecule has 19 heavy (non-hydrogen) atoms. The number of hydrogen-bond acceptors (Lipinski definition) is 2. The summed E-state index contributed by atoms with van der Waals surface area (Å²) < 4.78 is 7.31. The molecule has 2 rings (SSSR count). The maximum Gasteiger partial charge on any atom is 0.124 e. The molecule has 4 heteroatoms. The van der Waals surface area contributed by atoms with Gasteiger partial charge in [0.1, 0.15) is 5.82 Å². The number of halogens is 1. The average molecular weight is 281 g/mol. The van der Waals surface area contributed by atoms with Crippen molar-refractivity contribution in [1.82, 2.24) is 9.55 Å². The van der Waals surface area contributed by atoms with E-state index in [9.17, 15) is 0 Å². The number of hydrogen-bond donors (Lipinski definition) is 0. The third kappa shape index (κ3) is 3.48. The van der Waals surface area contributed by atoms with E-state index in [2.05, 4.69) is 34.7 Å². The lowest BCUT2D eigenvalue weighted by atomic mass is 10.2. The van der Waals surface area contributed by atoms with Gasteiger partial charge in [0.05, 0.1) is 16.9 Å². The SMILES string of the molecule is COCCCCCn1c(CCl)nc2cc(C)ccc21. The zero-order valence-corrected chi connectivity index (χ0v) is 12.4. The van der Waals surface area contributed by atoms with E-state index >= 15 is 0 Å². The molecule has 0 spiro atoms. The Morgan fingerprint density at radius 3 is 2.84 bits per heavy atom. The van der Waals surface area contributed by atoms with Gasteiger partial charge in [0.2, 0.25) is 0 Å². The molecule has 0 fully saturated rings. The Kier molecular flexibility index (Phi) is 5.23. The van der Waals surface area contributed by atoms with Crippen molar-refractivity contribution >= 4 is 22.6 Å². The Hall–Kier alpha value is -1.06. The summed E-state index contributed by atoms with van der Waals surface area (Å²) in [6, 6.07) is 6.39. The molecule has 0 aliphatic heterocycles. The van der Waals surface area contributed by atoms with Crippen LogP contribution in [0.5, 0.6) is 0 Å². The Labute approximate surface area is 119 Å². The Bertz CT molecular complexity index is 536. The minimum Gasteiger partial charge on any atom is -0.385 e. The molecule has 0 amide bonds. The summed E-state index contributed by atoms with van der Waals surface area (Å²) >= 11 is 6.00. The lowest BCUT2D eigenvalue weighted by molar-refractivity contribution is 0.191. The van der Waals surface area contributed by atoms with E-state index in [-0.39, 0.29) is 0 Å². The average Bonchev–Trinajstić information content (AvgIpc) is 2.75. The molecular weight excluding hydrogens is 260 g/mol. The zero-order valence-electron chi connectivity index (χ0n) is 11.7. The topological polar surface area (TPSA) is 27.1 Å². The minimum absolute atomic E-state index is 0.464. The normalized spacial score (nSPS) is 11.3. The minimum atomic E-state index is 0.464. The number of benzene rings is 1. The van der Waals surface area contributed by atoms with Crippen molar-refractivity contribution in [2.45, 2.75) is 38.6 Å². The third-order valence-corrected chi connectivity index (χ3v) is 3.57. The van der Waals surface area contributed by atoms with Gasteiger partial charge < -0.3 is 9.30 Å². The number of unbranched alkanes of at least 4 members (excludes halogenated alkanes) is 2. The molecular formula is C15H21ClN2O.